The third kappa shape index (κ3) is 4.57. The lowest BCUT2D eigenvalue weighted by Crippen LogP contribution is -2.36. The lowest BCUT2D eigenvalue weighted by molar-refractivity contribution is -0.118. The second-order valence-corrected chi connectivity index (χ2v) is 10.6. The number of hydrogen-bond acceptors (Lipinski definition) is 5. The maximum absolute atomic E-state index is 14.0. The number of anilines is 1. The molecule has 0 saturated heterocycles. The summed E-state index contributed by atoms with van der Waals surface area (Å²) in [4.78, 5) is 27.6. The molecule has 5 rings (SSSR count). The van der Waals surface area contributed by atoms with Gasteiger partial charge in [-0.3, -0.25) is 9.36 Å². The van der Waals surface area contributed by atoms with Crippen LogP contribution in [0.3, 0.4) is 0 Å². The first kappa shape index (κ1) is 25.3. The lowest BCUT2D eigenvalue weighted by atomic mass is 10.1. The number of nitrogens with one attached hydrogen (secondary N) is 1. The number of para-hydroxylation sites is 1. The average molecular weight is 548 g/mol. The molecule has 0 aliphatic heterocycles. The van der Waals surface area contributed by atoms with Crippen molar-refractivity contribution in [3.8, 4) is 5.75 Å². The van der Waals surface area contributed by atoms with Gasteiger partial charge in [-0.25, -0.2) is 13.2 Å². The SMILES string of the molecule is COc1ccc(S(=O)(=O)n2c(=O)n(C(C(=O)Nc3ccccc3)c3ccccc3)c3cc(Cl)ccc32)cc1. The maximum Gasteiger partial charge on any atom is 0.344 e. The molecule has 0 aliphatic carbocycles. The Bertz CT molecular complexity index is 1780. The summed E-state index contributed by atoms with van der Waals surface area (Å²) < 4.78 is 34.5. The number of aromatic nitrogens is 2. The molecule has 1 amide bonds. The van der Waals surface area contributed by atoms with Crippen molar-refractivity contribution in [3.05, 3.63) is 124 Å². The van der Waals surface area contributed by atoms with E-state index in [1.54, 1.807) is 54.6 Å². The van der Waals surface area contributed by atoms with E-state index in [9.17, 15) is 18.0 Å². The van der Waals surface area contributed by atoms with Gasteiger partial charge in [0.1, 0.15) is 11.8 Å². The van der Waals surface area contributed by atoms with Gasteiger partial charge in [0.2, 0.25) is 0 Å². The predicted molar refractivity (Wildman–Crippen MR) is 146 cm³/mol. The molecule has 1 heterocycles. The number of rotatable bonds is 7. The molecule has 192 valence electrons. The number of methoxy groups -OCH3 is 1. The fourth-order valence-electron chi connectivity index (χ4n) is 4.29. The van der Waals surface area contributed by atoms with Crippen molar-refractivity contribution in [2.24, 2.45) is 0 Å². The molecule has 0 aliphatic rings. The predicted octanol–water partition coefficient (Wildman–Crippen LogP) is 4.93. The van der Waals surface area contributed by atoms with Gasteiger partial charge < -0.3 is 10.1 Å². The number of imidazole rings is 1. The normalized spacial score (nSPS) is 12.3. The van der Waals surface area contributed by atoms with Crippen LogP contribution < -0.4 is 15.7 Å². The molecule has 1 N–H and O–H groups in total. The highest BCUT2D eigenvalue weighted by molar-refractivity contribution is 7.90. The molecule has 4 aromatic carbocycles. The largest absolute Gasteiger partial charge is 0.497 e. The molecule has 1 aromatic heterocycles. The van der Waals surface area contributed by atoms with Gasteiger partial charge in [0.05, 0.1) is 23.0 Å². The molecule has 1 atom stereocenters. The van der Waals surface area contributed by atoms with E-state index >= 15 is 0 Å². The Morgan fingerprint density at radius 1 is 0.868 bits per heavy atom. The van der Waals surface area contributed by atoms with Gasteiger partial charge in [0.15, 0.2) is 0 Å². The molecule has 38 heavy (non-hydrogen) atoms. The fraction of sp³-hybridized carbons (Fsp3) is 0.0714. The Kier molecular flexibility index (Phi) is 6.79. The minimum absolute atomic E-state index is 0.0867. The van der Waals surface area contributed by atoms with Gasteiger partial charge >= 0.3 is 5.69 Å². The number of halogens is 1. The summed E-state index contributed by atoms with van der Waals surface area (Å²) >= 11 is 6.29. The van der Waals surface area contributed by atoms with Crippen LogP contribution in [0.5, 0.6) is 5.75 Å². The Morgan fingerprint density at radius 2 is 1.50 bits per heavy atom. The van der Waals surface area contributed by atoms with Gasteiger partial charge in [0.25, 0.3) is 15.9 Å². The molecule has 0 fully saturated rings. The topological polar surface area (TPSA) is 99.4 Å². The second kappa shape index (κ2) is 10.2. The maximum atomic E-state index is 14.0. The summed E-state index contributed by atoms with van der Waals surface area (Å²) in [5, 5.41) is 3.11. The summed E-state index contributed by atoms with van der Waals surface area (Å²) in [6, 6.07) is 26.4. The van der Waals surface area contributed by atoms with Crippen LogP contribution in [0.1, 0.15) is 11.6 Å². The van der Waals surface area contributed by atoms with E-state index in [-0.39, 0.29) is 21.0 Å². The van der Waals surface area contributed by atoms with Crippen molar-refractivity contribution in [2.75, 3.05) is 12.4 Å². The first-order chi connectivity index (χ1) is 18.3. The molecule has 0 spiro atoms. The third-order valence-corrected chi connectivity index (χ3v) is 7.99. The highest BCUT2D eigenvalue weighted by Gasteiger charge is 2.32. The minimum atomic E-state index is -4.36. The molecule has 0 radical (unpaired) electrons. The van der Waals surface area contributed by atoms with E-state index in [1.165, 1.54) is 49.6 Å². The van der Waals surface area contributed by atoms with Crippen molar-refractivity contribution < 1.29 is 17.9 Å². The van der Waals surface area contributed by atoms with Crippen LogP contribution >= 0.6 is 11.6 Å². The van der Waals surface area contributed by atoms with E-state index < -0.39 is 27.7 Å². The van der Waals surface area contributed by atoms with Crippen molar-refractivity contribution >= 4 is 44.3 Å². The molecule has 0 bridgehead atoms. The zero-order valence-electron chi connectivity index (χ0n) is 20.1. The second-order valence-electron chi connectivity index (χ2n) is 8.40. The van der Waals surface area contributed by atoms with Crippen molar-refractivity contribution in [1.82, 2.24) is 8.54 Å². The van der Waals surface area contributed by atoms with Gasteiger partial charge in [-0.05, 0) is 60.2 Å². The van der Waals surface area contributed by atoms with Gasteiger partial charge in [-0.1, -0.05) is 60.1 Å². The molecule has 0 saturated carbocycles. The van der Waals surface area contributed by atoms with Crippen LogP contribution in [-0.2, 0) is 14.8 Å². The zero-order valence-corrected chi connectivity index (χ0v) is 21.7. The average Bonchev–Trinajstić information content (AvgIpc) is 3.21. The first-order valence-corrected chi connectivity index (χ1v) is 13.4. The Balaban J connectivity index is 1.76. The zero-order chi connectivity index (χ0) is 26.9. The number of amides is 1. The summed E-state index contributed by atoms with van der Waals surface area (Å²) in [6.45, 7) is 0. The summed E-state index contributed by atoms with van der Waals surface area (Å²) in [5.74, 6) is -0.0578. The van der Waals surface area contributed by atoms with Crippen molar-refractivity contribution in [3.63, 3.8) is 0 Å². The van der Waals surface area contributed by atoms with Crippen molar-refractivity contribution in [2.45, 2.75) is 10.9 Å². The Morgan fingerprint density at radius 3 is 2.13 bits per heavy atom. The quantitative estimate of drug-likeness (QED) is 0.311. The highest BCUT2D eigenvalue weighted by atomic mass is 35.5. The smallest absolute Gasteiger partial charge is 0.344 e. The van der Waals surface area contributed by atoms with E-state index in [1.807, 2.05) is 6.07 Å². The molecular formula is C28H22ClN3O5S. The van der Waals surface area contributed by atoms with E-state index in [0.717, 1.165) is 4.57 Å². The summed E-state index contributed by atoms with van der Waals surface area (Å²) in [7, 11) is -2.89. The van der Waals surface area contributed by atoms with Crippen LogP contribution in [0.4, 0.5) is 5.69 Å². The number of carbonyl (C=O) groups is 1. The fourth-order valence-corrected chi connectivity index (χ4v) is 5.85. The van der Waals surface area contributed by atoms with E-state index in [2.05, 4.69) is 5.32 Å². The van der Waals surface area contributed by atoms with Crippen LogP contribution in [-0.4, -0.2) is 30.0 Å². The molecular weight excluding hydrogens is 526 g/mol. The molecule has 8 nitrogen and oxygen atoms in total. The number of nitrogens with zero attached hydrogens (tertiary/aromatic N) is 2. The monoisotopic (exact) mass is 547 g/mol. The van der Waals surface area contributed by atoms with Crippen LogP contribution in [0, 0.1) is 0 Å². The Labute approximate surface area is 223 Å². The lowest BCUT2D eigenvalue weighted by Gasteiger charge is -2.19. The van der Waals surface area contributed by atoms with Gasteiger partial charge in [0, 0.05) is 10.7 Å². The third-order valence-electron chi connectivity index (χ3n) is 6.06. The highest BCUT2D eigenvalue weighted by Crippen LogP contribution is 2.29. The summed E-state index contributed by atoms with van der Waals surface area (Å²) in [6.07, 6.45) is 0. The summed E-state index contributed by atoms with van der Waals surface area (Å²) in [5.41, 5.74) is 0.387. The van der Waals surface area contributed by atoms with Gasteiger partial charge in [-0.15, -0.1) is 0 Å². The number of fused-ring (bicyclic) bond motifs is 1. The van der Waals surface area contributed by atoms with Gasteiger partial charge in [-0.2, -0.15) is 3.97 Å². The standard InChI is InChI=1S/C28H22ClN3O5S/c1-37-22-13-15-23(16-14-22)38(35,36)32-24-17-12-20(29)18-25(24)31(28(32)34)26(19-8-4-2-5-9-19)27(33)30-21-10-6-3-7-11-21/h2-18,26H,1H3,(H,30,33). The molecule has 10 heteroatoms. The number of ether oxygens (including phenoxy) is 1. The van der Waals surface area contributed by atoms with Crippen molar-refractivity contribution in [1.29, 1.82) is 0 Å². The number of carbonyl (C=O) groups excluding carboxylic acids is 1. The number of hydrogen-bond donors (Lipinski definition) is 1. The number of benzene rings is 4. The first-order valence-electron chi connectivity index (χ1n) is 11.5. The van der Waals surface area contributed by atoms with E-state index in [4.69, 9.17) is 16.3 Å². The van der Waals surface area contributed by atoms with Crippen LogP contribution in [0.2, 0.25) is 5.02 Å². The molecule has 1 unspecified atom stereocenters. The molecule has 5 aromatic rings. The van der Waals surface area contributed by atoms with E-state index in [0.29, 0.717) is 21.0 Å². The Hall–Kier alpha value is -4.34. The van der Waals surface area contributed by atoms with Crippen LogP contribution in [0.25, 0.3) is 11.0 Å². The van der Waals surface area contributed by atoms with Crippen LogP contribution in [0.15, 0.2) is 113 Å². The minimum Gasteiger partial charge on any atom is -0.497 e.